The molecule has 0 aliphatic heterocycles. The Morgan fingerprint density at radius 1 is 1.23 bits per heavy atom. The summed E-state index contributed by atoms with van der Waals surface area (Å²) < 4.78 is 2.18. The zero-order chi connectivity index (χ0) is 16.1. The lowest BCUT2D eigenvalue weighted by Gasteiger charge is -2.41. The Kier molecular flexibility index (Phi) is 3.54. The van der Waals surface area contributed by atoms with Crippen LogP contribution in [0.4, 0.5) is 5.95 Å². The highest BCUT2D eigenvalue weighted by molar-refractivity contribution is 5.84. The van der Waals surface area contributed by atoms with Crippen molar-refractivity contribution >= 4 is 22.7 Å². The fraction of sp³-hybridized carbons (Fsp3) is 0.526. The molecule has 3 nitrogen and oxygen atoms in total. The van der Waals surface area contributed by atoms with Gasteiger partial charge in [-0.3, -0.25) is 4.57 Å². The summed E-state index contributed by atoms with van der Waals surface area (Å²) in [4.78, 5) is 4.55. The minimum Gasteiger partial charge on any atom is -0.369 e. The van der Waals surface area contributed by atoms with Gasteiger partial charge in [0.2, 0.25) is 5.95 Å². The average Bonchev–Trinajstić information content (AvgIpc) is 2.96. The van der Waals surface area contributed by atoms with Crippen molar-refractivity contribution in [2.75, 3.05) is 5.73 Å². The summed E-state index contributed by atoms with van der Waals surface area (Å²) in [5, 5.41) is 0. The first-order valence-corrected chi connectivity index (χ1v) is 8.31. The highest BCUT2D eigenvalue weighted by Crippen LogP contribution is 2.54. The molecule has 22 heavy (non-hydrogen) atoms. The Morgan fingerprint density at radius 2 is 1.91 bits per heavy atom. The maximum atomic E-state index is 6.29. The van der Waals surface area contributed by atoms with Crippen LogP contribution in [0.3, 0.4) is 0 Å². The van der Waals surface area contributed by atoms with E-state index in [1.54, 1.807) is 0 Å². The van der Waals surface area contributed by atoms with Crippen LogP contribution in [0.5, 0.6) is 0 Å². The van der Waals surface area contributed by atoms with Crippen molar-refractivity contribution in [3.8, 4) is 0 Å². The molecule has 1 aliphatic rings. The Morgan fingerprint density at radius 3 is 2.55 bits per heavy atom. The van der Waals surface area contributed by atoms with Gasteiger partial charge in [0.1, 0.15) is 0 Å². The number of benzene rings is 1. The molecule has 118 valence electrons. The van der Waals surface area contributed by atoms with Gasteiger partial charge in [-0.1, -0.05) is 52.8 Å². The average molecular weight is 297 g/mol. The van der Waals surface area contributed by atoms with E-state index in [9.17, 15) is 0 Å². The molecule has 0 bridgehead atoms. The molecule has 0 saturated carbocycles. The molecule has 1 unspecified atom stereocenters. The summed E-state index contributed by atoms with van der Waals surface area (Å²) in [6, 6.07) is 8.22. The minimum absolute atomic E-state index is 0.117. The quantitative estimate of drug-likeness (QED) is 0.884. The van der Waals surface area contributed by atoms with Crippen molar-refractivity contribution in [1.82, 2.24) is 9.55 Å². The fourth-order valence-electron chi connectivity index (χ4n) is 4.21. The number of imidazole rings is 1. The van der Waals surface area contributed by atoms with Crippen LogP contribution in [0.2, 0.25) is 0 Å². The lowest BCUT2D eigenvalue weighted by Crippen LogP contribution is -2.35. The molecular formula is C19H27N3. The van der Waals surface area contributed by atoms with Gasteiger partial charge in [0, 0.05) is 11.1 Å². The molecule has 1 aromatic carbocycles. The molecular weight excluding hydrogens is 270 g/mol. The Balaban J connectivity index is 2.20. The topological polar surface area (TPSA) is 43.8 Å². The third-order valence-corrected chi connectivity index (χ3v) is 5.72. The molecule has 1 aliphatic carbocycles. The van der Waals surface area contributed by atoms with Crippen LogP contribution in [0.1, 0.15) is 41.0 Å². The van der Waals surface area contributed by atoms with Gasteiger partial charge in [-0.05, 0) is 36.3 Å². The molecule has 0 amide bonds. The van der Waals surface area contributed by atoms with Gasteiger partial charge in [-0.25, -0.2) is 4.98 Å². The van der Waals surface area contributed by atoms with E-state index in [-0.39, 0.29) is 5.41 Å². The molecule has 1 aromatic heterocycles. The number of rotatable bonds is 3. The minimum atomic E-state index is 0.117. The Hall–Kier alpha value is -1.77. The lowest BCUT2D eigenvalue weighted by atomic mass is 9.66. The lowest BCUT2D eigenvalue weighted by molar-refractivity contribution is 0.153. The highest BCUT2D eigenvalue weighted by Gasteiger charge is 2.46. The second-order valence-electron chi connectivity index (χ2n) is 7.41. The molecule has 2 aromatic rings. The largest absolute Gasteiger partial charge is 0.369 e. The number of allylic oxidation sites excluding steroid dienone is 2. The molecule has 2 N–H and O–H groups in total. The summed E-state index contributed by atoms with van der Waals surface area (Å²) >= 11 is 0. The monoisotopic (exact) mass is 297 g/mol. The number of aromatic nitrogens is 2. The number of nitrogen functional groups attached to an aromatic ring is 1. The standard InChI is InChI=1S/C19H27N3/c1-12(2)14-10-11-17(19(14,5)13(3)4)22-16-9-7-6-8-15(16)21-18(22)20/h6-9,11-14H,10H2,1-5H3,(H2,20,21)/t14?,19-/m0/s1. The van der Waals surface area contributed by atoms with Crippen molar-refractivity contribution in [3.05, 3.63) is 30.3 Å². The van der Waals surface area contributed by atoms with Crippen LogP contribution in [-0.2, 0) is 0 Å². The molecule has 3 rings (SSSR count). The van der Waals surface area contributed by atoms with E-state index in [4.69, 9.17) is 5.73 Å². The van der Waals surface area contributed by atoms with E-state index in [1.807, 2.05) is 12.1 Å². The summed E-state index contributed by atoms with van der Waals surface area (Å²) in [6.07, 6.45) is 3.50. The van der Waals surface area contributed by atoms with Crippen LogP contribution in [-0.4, -0.2) is 9.55 Å². The first-order chi connectivity index (χ1) is 10.4. The third kappa shape index (κ3) is 1.98. The number of hydrogen-bond acceptors (Lipinski definition) is 2. The van der Waals surface area contributed by atoms with Crippen molar-refractivity contribution in [2.45, 2.75) is 41.0 Å². The van der Waals surface area contributed by atoms with Crippen LogP contribution in [0.25, 0.3) is 16.7 Å². The molecule has 0 spiro atoms. The SMILES string of the molecule is CC(C)C1CC=C(n2c(N)nc3ccccc32)[C@@]1(C)C(C)C. The maximum Gasteiger partial charge on any atom is 0.205 e. The van der Waals surface area contributed by atoms with Gasteiger partial charge >= 0.3 is 0 Å². The van der Waals surface area contributed by atoms with E-state index < -0.39 is 0 Å². The van der Waals surface area contributed by atoms with Crippen molar-refractivity contribution in [3.63, 3.8) is 0 Å². The summed E-state index contributed by atoms with van der Waals surface area (Å²) in [5.74, 6) is 2.44. The normalized spacial score (nSPS) is 25.4. The zero-order valence-corrected chi connectivity index (χ0v) is 14.3. The summed E-state index contributed by atoms with van der Waals surface area (Å²) in [6.45, 7) is 11.7. The second-order valence-corrected chi connectivity index (χ2v) is 7.41. The van der Waals surface area contributed by atoms with E-state index in [0.717, 1.165) is 17.5 Å². The van der Waals surface area contributed by atoms with Gasteiger partial charge < -0.3 is 5.73 Å². The Labute approximate surface area is 133 Å². The number of para-hydroxylation sites is 2. The van der Waals surface area contributed by atoms with Crippen molar-refractivity contribution in [1.29, 1.82) is 0 Å². The van der Waals surface area contributed by atoms with Gasteiger partial charge in [0.05, 0.1) is 11.0 Å². The smallest absolute Gasteiger partial charge is 0.205 e. The summed E-state index contributed by atoms with van der Waals surface area (Å²) in [7, 11) is 0. The number of nitrogens with two attached hydrogens (primary N) is 1. The molecule has 1 heterocycles. The van der Waals surface area contributed by atoms with Gasteiger partial charge in [0.15, 0.2) is 0 Å². The molecule has 2 atom stereocenters. The summed E-state index contributed by atoms with van der Waals surface area (Å²) in [5.41, 5.74) is 9.82. The molecule has 0 saturated heterocycles. The van der Waals surface area contributed by atoms with Crippen molar-refractivity contribution in [2.24, 2.45) is 23.2 Å². The number of nitrogens with zero attached hydrogens (tertiary/aromatic N) is 2. The van der Waals surface area contributed by atoms with Crippen LogP contribution in [0, 0.1) is 23.2 Å². The zero-order valence-electron chi connectivity index (χ0n) is 14.3. The van der Waals surface area contributed by atoms with Gasteiger partial charge in [0.25, 0.3) is 0 Å². The van der Waals surface area contributed by atoms with Crippen LogP contribution < -0.4 is 5.73 Å². The maximum absolute atomic E-state index is 6.29. The van der Waals surface area contributed by atoms with E-state index in [2.05, 4.69) is 62.4 Å². The second kappa shape index (κ2) is 5.15. The van der Waals surface area contributed by atoms with E-state index >= 15 is 0 Å². The molecule has 0 radical (unpaired) electrons. The predicted octanol–water partition coefficient (Wildman–Crippen LogP) is 4.80. The first kappa shape index (κ1) is 15.1. The van der Waals surface area contributed by atoms with E-state index in [0.29, 0.717) is 23.7 Å². The first-order valence-electron chi connectivity index (χ1n) is 8.31. The molecule has 0 fully saturated rings. The van der Waals surface area contributed by atoms with Crippen LogP contribution >= 0.6 is 0 Å². The Bertz CT molecular complexity index is 723. The van der Waals surface area contributed by atoms with E-state index in [1.165, 1.54) is 5.70 Å². The predicted molar refractivity (Wildman–Crippen MR) is 94.3 cm³/mol. The third-order valence-electron chi connectivity index (χ3n) is 5.72. The van der Waals surface area contributed by atoms with Crippen LogP contribution in [0.15, 0.2) is 30.3 Å². The van der Waals surface area contributed by atoms with Gasteiger partial charge in [-0.15, -0.1) is 0 Å². The van der Waals surface area contributed by atoms with Gasteiger partial charge in [-0.2, -0.15) is 0 Å². The number of fused-ring (bicyclic) bond motifs is 1. The highest BCUT2D eigenvalue weighted by atomic mass is 15.2. The fourth-order valence-corrected chi connectivity index (χ4v) is 4.21. The number of anilines is 1. The van der Waals surface area contributed by atoms with Crippen molar-refractivity contribution < 1.29 is 0 Å². The number of hydrogen-bond donors (Lipinski definition) is 1. The molecule has 3 heteroatoms.